The standard InChI is InChI=1S/C17H17N3/c1-12-6-8-13(9-7-12)15-10-11-18-17-19-14-4-2-3-5-16(14)20(15)17/h2-9,15H,10-11H2,1H3,(H,18,19). The van der Waals surface area contributed by atoms with E-state index in [4.69, 9.17) is 4.98 Å². The maximum atomic E-state index is 4.70. The molecule has 4 rings (SSSR count). The van der Waals surface area contributed by atoms with E-state index in [1.54, 1.807) is 0 Å². The van der Waals surface area contributed by atoms with Crippen molar-refractivity contribution in [1.29, 1.82) is 0 Å². The second-order valence-corrected chi connectivity index (χ2v) is 5.44. The van der Waals surface area contributed by atoms with Gasteiger partial charge >= 0.3 is 0 Å². The molecule has 0 saturated heterocycles. The fourth-order valence-electron chi connectivity index (χ4n) is 3.04. The van der Waals surface area contributed by atoms with E-state index in [0.29, 0.717) is 6.04 Å². The molecule has 1 aliphatic heterocycles. The van der Waals surface area contributed by atoms with Gasteiger partial charge in [-0.25, -0.2) is 4.98 Å². The van der Waals surface area contributed by atoms with Crippen LogP contribution in [-0.2, 0) is 0 Å². The van der Waals surface area contributed by atoms with Gasteiger partial charge in [-0.1, -0.05) is 42.0 Å². The Kier molecular flexibility index (Phi) is 2.52. The molecule has 1 atom stereocenters. The average molecular weight is 263 g/mol. The molecule has 3 nitrogen and oxygen atoms in total. The van der Waals surface area contributed by atoms with Crippen molar-refractivity contribution in [3.8, 4) is 0 Å². The van der Waals surface area contributed by atoms with Gasteiger partial charge in [0.05, 0.1) is 17.1 Å². The van der Waals surface area contributed by atoms with Crippen molar-refractivity contribution in [3.63, 3.8) is 0 Å². The highest BCUT2D eigenvalue weighted by Gasteiger charge is 2.24. The van der Waals surface area contributed by atoms with Crippen LogP contribution in [0.2, 0.25) is 0 Å². The van der Waals surface area contributed by atoms with Gasteiger partial charge < -0.3 is 9.88 Å². The van der Waals surface area contributed by atoms with Gasteiger partial charge in [-0.05, 0) is 31.0 Å². The van der Waals surface area contributed by atoms with E-state index in [-0.39, 0.29) is 0 Å². The lowest BCUT2D eigenvalue weighted by Crippen LogP contribution is -2.23. The summed E-state index contributed by atoms with van der Waals surface area (Å²) in [4.78, 5) is 4.70. The first-order valence-electron chi connectivity index (χ1n) is 7.10. The number of imidazole rings is 1. The number of rotatable bonds is 1. The maximum Gasteiger partial charge on any atom is 0.204 e. The number of benzene rings is 2. The molecule has 20 heavy (non-hydrogen) atoms. The number of nitrogens with one attached hydrogen (secondary N) is 1. The zero-order valence-corrected chi connectivity index (χ0v) is 11.5. The van der Waals surface area contributed by atoms with Crippen molar-refractivity contribution in [3.05, 3.63) is 59.7 Å². The van der Waals surface area contributed by atoms with Gasteiger partial charge in [0.25, 0.3) is 0 Å². The molecule has 2 aromatic carbocycles. The summed E-state index contributed by atoms with van der Waals surface area (Å²) >= 11 is 0. The minimum absolute atomic E-state index is 0.374. The van der Waals surface area contributed by atoms with E-state index in [1.807, 2.05) is 6.07 Å². The smallest absolute Gasteiger partial charge is 0.204 e. The first-order chi connectivity index (χ1) is 9.83. The van der Waals surface area contributed by atoms with Crippen LogP contribution in [-0.4, -0.2) is 16.1 Å². The highest BCUT2D eigenvalue weighted by molar-refractivity contribution is 5.79. The van der Waals surface area contributed by atoms with E-state index in [1.165, 1.54) is 16.6 Å². The third-order valence-corrected chi connectivity index (χ3v) is 4.07. The summed E-state index contributed by atoms with van der Waals surface area (Å²) in [6.45, 7) is 3.10. The zero-order valence-electron chi connectivity index (χ0n) is 11.5. The van der Waals surface area contributed by atoms with Crippen molar-refractivity contribution < 1.29 is 0 Å². The van der Waals surface area contributed by atoms with Crippen molar-refractivity contribution >= 4 is 17.0 Å². The first-order valence-corrected chi connectivity index (χ1v) is 7.10. The molecule has 0 spiro atoms. The fourth-order valence-corrected chi connectivity index (χ4v) is 3.04. The van der Waals surface area contributed by atoms with Gasteiger partial charge in [0.1, 0.15) is 0 Å². The van der Waals surface area contributed by atoms with Crippen LogP contribution in [0.1, 0.15) is 23.6 Å². The van der Waals surface area contributed by atoms with E-state index in [9.17, 15) is 0 Å². The number of nitrogens with zero attached hydrogens (tertiary/aromatic N) is 2. The summed E-state index contributed by atoms with van der Waals surface area (Å²) in [5.41, 5.74) is 4.94. The predicted molar refractivity (Wildman–Crippen MR) is 82.2 cm³/mol. The van der Waals surface area contributed by atoms with Gasteiger partial charge in [-0.15, -0.1) is 0 Å². The molecule has 1 aromatic heterocycles. The molecule has 0 saturated carbocycles. The number of aryl methyl sites for hydroxylation is 1. The molecule has 1 N–H and O–H groups in total. The third-order valence-electron chi connectivity index (χ3n) is 4.07. The lowest BCUT2D eigenvalue weighted by molar-refractivity contribution is 0.543. The minimum atomic E-state index is 0.374. The molecule has 0 radical (unpaired) electrons. The molecule has 0 amide bonds. The Morgan fingerprint density at radius 1 is 1.10 bits per heavy atom. The Labute approximate surface area is 118 Å². The topological polar surface area (TPSA) is 29.9 Å². The van der Waals surface area contributed by atoms with Crippen LogP contribution in [0.3, 0.4) is 0 Å². The monoisotopic (exact) mass is 263 g/mol. The summed E-state index contributed by atoms with van der Waals surface area (Å²) < 4.78 is 2.34. The third kappa shape index (κ3) is 1.70. The fraction of sp³-hybridized carbons (Fsp3) is 0.235. The lowest BCUT2D eigenvalue weighted by atomic mass is 10.0. The molecular formula is C17H17N3. The van der Waals surface area contributed by atoms with Gasteiger partial charge in [-0.3, -0.25) is 0 Å². The van der Waals surface area contributed by atoms with Crippen LogP contribution in [0.15, 0.2) is 48.5 Å². The van der Waals surface area contributed by atoms with Crippen molar-refractivity contribution in [2.24, 2.45) is 0 Å². The predicted octanol–water partition coefficient (Wildman–Crippen LogP) is 3.75. The second kappa shape index (κ2) is 4.37. The number of para-hydroxylation sites is 2. The Bertz CT molecular complexity index is 756. The molecule has 0 bridgehead atoms. The van der Waals surface area contributed by atoms with Gasteiger partial charge in [0.2, 0.25) is 5.95 Å². The normalized spacial score (nSPS) is 17.8. The van der Waals surface area contributed by atoms with Gasteiger partial charge in [-0.2, -0.15) is 0 Å². The van der Waals surface area contributed by atoms with Crippen molar-refractivity contribution in [2.45, 2.75) is 19.4 Å². The molecule has 0 fully saturated rings. The number of hydrogen-bond acceptors (Lipinski definition) is 2. The Morgan fingerprint density at radius 3 is 2.75 bits per heavy atom. The number of fused-ring (bicyclic) bond motifs is 3. The van der Waals surface area contributed by atoms with Crippen LogP contribution >= 0.6 is 0 Å². The van der Waals surface area contributed by atoms with Crippen LogP contribution in [0, 0.1) is 6.92 Å². The number of anilines is 1. The zero-order chi connectivity index (χ0) is 13.5. The Hall–Kier alpha value is -2.29. The Balaban J connectivity index is 1.90. The minimum Gasteiger partial charge on any atom is -0.356 e. The van der Waals surface area contributed by atoms with E-state index >= 15 is 0 Å². The molecule has 3 heteroatoms. The van der Waals surface area contributed by atoms with Gasteiger partial charge in [0, 0.05) is 6.54 Å². The summed E-state index contributed by atoms with van der Waals surface area (Å²) in [6, 6.07) is 17.6. The molecule has 0 aliphatic carbocycles. The van der Waals surface area contributed by atoms with E-state index in [0.717, 1.165) is 24.4 Å². The van der Waals surface area contributed by atoms with Crippen molar-refractivity contribution in [1.82, 2.24) is 9.55 Å². The van der Waals surface area contributed by atoms with Crippen LogP contribution in [0.25, 0.3) is 11.0 Å². The number of aromatic nitrogens is 2. The highest BCUT2D eigenvalue weighted by atomic mass is 15.2. The van der Waals surface area contributed by atoms with E-state index < -0.39 is 0 Å². The number of hydrogen-bond donors (Lipinski definition) is 1. The first kappa shape index (κ1) is 11.5. The molecule has 1 unspecified atom stereocenters. The second-order valence-electron chi connectivity index (χ2n) is 5.44. The van der Waals surface area contributed by atoms with Crippen LogP contribution < -0.4 is 5.32 Å². The molecule has 3 aromatic rings. The summed E-state index contributed by atoms with van der Waals surface area (Å²) in [5.74, 6) is 0.989. The maximum absolute atomic E-state index is 4.70. The Morgan fingerprint density at radius 2 is 1.90 bits per heavy atom. The van der Waals surface area contributed by atoms with E-state index in [2.05, 4.69) is 59.3 Å². The van der Waals surface area contributed by atoms with Gasteiger partial charge in [0.15, 0.2) is 0 Å². The summed E-state index contributed by atoms with van der Waals surface area (Å²) in [5, 5.41) is 3.42. The quantitative estimate of drug-likeness (QED) is 0.724. The molecular weight excluding hydrogens is 246 g/mol. The molecule has 2 heterocycles. The van der Waals surface area contributed by atoms with Crippen LogP contribution in [0.4, 0.5) is 5.95 Å². The van der Waals surface area contributed by atoms with Crippen LogP contribution in [0.5, 0.6) is 0 Å². The molecule has 1 aliphatic rings. The summed E-state index contributed by atoms with van der Waals surface area (Å²) in [7, 11) is 0. The highest BCUT2D eigenvalue weighted by Crippen LogP contribution is 2.33. The lowest BCUT2D eigenvalue weighted by Gasteiger charge is -2.27. The average Bonchev–Trinajstić information content (AvgIpc) is 2.86. The largest absolute Gasteiger partial charge is 0.356 e. The van der Waals surface area contributed by atoms with Crippen molar-refractivity contribution in [2.75, 3.05) is 11.9 Å². The molecule has 100 valence electrons. The summed E-state index contributed by atoms with van der Waals surface area (Å²) in [6.07, 6.45) is 1.09. The SMILES string of the molecule is Cc1ccc(C2CCNc3nc4ccccc4n32)cc1.